The van der Waals surface area contributed by atoms with E-state index in [2.05, 4.69) is 20.8 Å². The summed E-state index contributed by atoms with van der Waals surface area (Å²) in [6, 6.07) is 2.98. The number of rotatable bonds is 2. The minimum Gasteiger partial charge on any atom is -0.495 e. The minimum absolute atomic E-state index is 0.0414. The molecule has 0 aliphatic rings. The zero-order chi connectivity index (χ0) is 11.6. The fourth-order valence-corrected chi connectivity index (χ4v) is 1.66. The van der Waals surface area contributed by atoms with Gasteiger partial charge in [-0.05, 0) is 29.5 Å². The van der Waals surface area contributed by atoms with Crippen molar-refractivity contribution in [3.05, 3.63) is 28.5 Å². The third-order valence-electron chi connectivity index (χ3n) is 2.04. The number of hydrogen-bond acceptors (Lipinski definition) is 1. The second-order valence-electron chi connectivity index (χ2n) is 4.82. The summed E-state index contributed by atoms with van der Waals surface area (Å²) in [6.07, 6.45) is 0.659. The van der Waals surface area contributed by atoms with Crippen LogP contribution in [-0.2, 0) is 6.42 Å². The van der Waals surface area contributed by atoms with Crippen molar-refractivity contribution in [2.75, 3.05) is 7.11 Å². The lowest BCUT2D eigenvalue weighted by molar-refractivity contribution is 0.393. The van der Waals surface area contributed by atoms with E-state index in [9.17, 15) is 4.39 Å². The number of benzene rings is 1. The zero-order valence-electron chi connectivity index (χ0n) is 9.53. The van der Waals surface area contributed by atoms with Crippen molar-refractivity contribution < 1.29 is 9.13 Å². The van der Waals surface area contributed by atoms with Crippen LogP contribution in [0.3, 0.4) is 0 Å². The molecule has 1 aromatic rings. The normalized spacial score (nSPS) is 11.6. The maximum Gasteiger partial charge on any atom is 0.137 e. The molecule has 15 heavy (non-hydrogen) atoms. The second kappa shape index (κ2) is 4.40. The minimum atomic E-state index is -0.268. The lowest BCUT2D eigenvalue weighted by atomic mass is 9.88. The molecule has 0 radical (unpaired) electrons. The molecule has 1 aromatic carbocycles. The summed E-state index contributed by atoms with van der Waals surface area (Å²) in [5.41, 5.74) is 0.684. The summed E-state index contributed by atoms with van der Waals surface area (Å²) in [5.74, 6) is 0.257. The van der Waals surface area contributed by atoms with E-state index in [-0.39, 0.29) is 11.2 Å². The summed E-state index contributed by atoms with van der Waals surface area (Å²) in [7, 11) is 1.53. The molecule has 0 unspecified atom stereocenters. The summed E-state index contributed by atoms with van der Waals surface area (Å²) in [5, 5.41) is 0.313. The molecule has 0 N–H and O–H groups in total. The van der Waals surface area contributed by atoms with E-state index in [0.717, 1.165) is 0 Å². The molecule has 0 aliphatic heterocycles. The van der Waals surface area contributed by atoms with Crippen LogP contribution in [-0.4, -0.2) is 7.11 Å². The first-order valence-corrected chi connectivity index (χ1v) is 5.23. The van der Waals surface area contributed by atoms with Crippen LogP contribution < -0.4 is 4.74 Å². The maximum absolute atomic E-state index is 13.6. The fourth-order valence-electron chi connectivity index (χ4n) is 1.43. The topological polar surface area (TPSA) is 9.23 Å². The Morgan fingerprint density at radius 3 is 2.40 bits per heavy atom. The van der Waals surface area contributed by atoms with Gasteiger partial charge in [-0.2, -0.15) is 0 Å². The van der Waals surface area contributed by atoms with E-state index in [1.165, 1.54) is 13.2 Å². The smallest absolute Gasteiger partial charge is 0.137 e. The number of hydrogen-bond donors (Lipinski definition) is 0. The van der Waals surface area contributed by atoms with E-state index in [4.69, 9.17) is 16.3 Å². The molecule has 0 spiro atoms. The number of halogens is 2. The molecular formula is C12H16ClFO. The molecule has 0 aromatic heterocycles. The zero-order valence-corrected chi connectivity index (χ0v) is 10.3. The largest absolute Gasteiger partial charge is 0.495 e. The Morgan fingerprint density at radius 1 is 1.33 bits per heavy atom. The molecule has 3 heteroatoms. The van der Waals surface area contributed by atoms with E-state index in [1.54, 1.807) is 6.07 Å². The Hall–Kier alpha value is -0.760. The van der Waals surface area contributed by atoms with Gasteiger partial charge < -0.3 is 4.74 Å². The summed E-state index contributed by atoms with van der Waals surface area (Å²) >= 11 is 5.81. The monoisotopic (exact) mass is 230 g/mol. The van der Waals surface area contributed by atoms with E-state index in [1.807, 2.05) is 0 Å². The predicted octanol–water partition coefficient (Wildman–Crippen LogP) is 4.08. The van der Waals surface area contributed by atoms with Gasteiger partial charge in [-0.3, -0.25) is 0 Å². The summed E-state index contributed by atoms with van der Waals surface area (Å²) < 4.78 is 18.6. The quantitative estimate of drug-likeness (QED) is 0.744. The second-order valence-corrected chi connectivity index (χ2v) is 5.22. The van der Waals surface area contributed by atoms with Gasteiger partial charge in [0.2, 0.25) is 0 Å². The first kappa shape index (κ1) is 12.3. The van der Waals surface area contributed by atoms with E-state index in [0.29, 0.717) is 22.8 Å². The van der Waals surface area contributed by atoms with Gasteiger partial charge in [-0.1, -0.05) is 32.4 Å². The van der Waals surface area contributed by atoms with Crippen molar-refractivity contribution in [2.24, 2.45) is 5.41 Å². The molecule has 0 heterocycles. The van der Waals surface area contributed by atoms with E-state index >= 15 is 0 Å². The van der Waals surface area contributed by atoms with Crippen molar-refractivity contribution in [2.45, 2.75) is 27.2 Å². The van der Waals surface area contributed by atoms with Gasteiger partial charge in [0.15, 0.2) is 0 Å². The average molecular weight is 231 g/mol. The molecule has 0 aliphatic carbocycles. The molecule has 0 fully saturated rings. The van der Waals surface area contributed by atoms with Crippen LogP contribution in [0.4, 0.5) is 4.39 Å². The highest BCUT2D eigenvalue weighted by Gasteiger charge is 2.16. The lowest BCUT2D eigenvalue weighted by Gasteiger charge is -2.19. The molecular weight excluding hydrogens is 215 g/mol. The van der Waals surface area contributed by atoms with E-state index < -0.39 is 0 Å². The predicted molar refractivity (Wildman–Crippen MR) is 61.1 cm³/mol. The molecule has 0 atom stereocenters. The SMILES string of the molecule is COc1cc(CC(C)(C)C)c(F)cc1Cl. The van der Waals surface area contributed by atoms with Crippen LogP contribution in [0.1, 0.15) is 26.3 Å². The van der Waals surface area contributed by atoms with Crippen LogP contribution in [0.2, 0.25) is 5.02 Å². The van der Waals surface area contributed by atoms with Crippen LogP contribution in [0.25, 0.3) is 0 Å². The van der Waals surface area contributed by atoms with Crippen molar-refractivity contribution >= 4 is 11.6 Å². The average Bonchev–Trinajstić information content (AvgIpc) is 2.07. The van der Waals surface area contributed by atoms with Crippen LogP contribution >= 0.6 is 11.6 Å². The number of ether oxygens (including phenoxy) is 1. The standard InChI is InChI=1S/C12H16ClFO/c1-12(2,3)7-8-5-11(15-4)9(13)6-10(8)14/h5-6H,7H2,1-4H3. The number of methoxy groups -OCH3 is 1. The van der Waals surface area contributed by atoms with Crippen molar-refractivity contribution in [3.63, 3.8) is 0 Å². The van der Waals surface area contributed by atoms with Gasteiger partial charge in [0.05, 0.1) is 12.1 Å². The highest BCUT2D eigenvalue weighted by Crippen LogP contribution is 2.30. The van der Waals surface area contributed by atoms with Gasteiger partial charge in [-0.25, -0.2) is 4.39 Å². The Morgan fingerprint density at radius 2 is 1.93 bits per heavy atom. The molecule has 84 valence electrons. The lowest BCUT2D eigenvalue weighted by Crippen LogP contribution is -2.10. The Labute approximate surface area is 95.2 Å². The molecule has 1 rings (SSSR count). The Balaban J connectivity index is 3.08. The van der Waals surface area contributed by atoms with Crippen molar-refractivity contribution in [3.8, 4) is 5.75 Å². The van der Waals surface area contributed by atoms with Crippen LogP contribution in [0.5, 0.6) is 5.75 Å². The van der Waals surface area contributed by atoms with Gasteiger partial charge in [0.25, 0.3) is 0 Å². The van der Waals surface area contributed by atoms with Crippen LogP contribution in [0.15, 0.2) is 12.1 Å². The fraction of sp³-hybridized carbons (Fsp3) is 0.500. The summed E-state index contributed by atoms with van der Waals surface area (Å²) in [6.45, 7) is 6.19. The van der Waals surface area contributed by atoms with Crippen molar-refractivity contribution in [1.82, 2.24) is 0 Å². The highest BCUT2D eigenvalue weighted by atomic mass is 35.5. The highest BCUT2D eigenvalue weighted by molar-refractivity contribution is 6.32. The first-order valence-electron chi connectivity index (χ1n) is 4.85. The summed E-state index contributed by atoms with van der Waals surface area (Å²) in [4.78, 5) is 0. The molecule has 0 bridgehead atoms. The van der Waals surface area contributed by atoms with Crippen LogP contribution in [0, 0.1) is 11.2 Å². The Bertz CT molecular complexity index is 355. The molecule has 0 saturated heterocycles. The van der Waals surface area contributed by atoms with Gasteiger partial charge in [-0.15, -0.1) is 0 Å². The molecule has 0 amide bonds. The maximum atomic E-state index is 13.6. The van der Waals surface area contributed by atoms with Gasteiger partial charge >= 0.3 is 0 Å². The Kier molecular flexibility index (Phi) is 3.61. The molecule has 0 saturated carbocycles. The van der Waals surface area contributed by atoms with Gasteiger partial charge in [0.1, 0.15) is 11.6 Å². The van der Waals surface area contributed by atoms with Crippen molar-refractivity contribution in [1.29, 1.82) is 0 Å². The first-order chi connectivity index (χ1) is 6.83. The molecule has 1 nitrogen and oxygen atoms in total. The third kappa shape index (κ3) is 3.38. The van der Waals surface area contributed by atoms with Gasteiger partial charge in [0, 0.05) is 0 Å². The third-order valence-corrected chi connectivity index (χ3v) is 2.34.